The second-order valence-electron chi connectivity index (χ2n) is 4.21. The monoisotopic (exact) mass is 231 g/mol. The second-order valence-corrected chi connectivity index (χ2v) is 4.21. The summed E-state index contributed by atoms with van der Waals surface area (Å²) in [7, 11) is 0. The van der Waals surface area contributed by atoms with Crippen LogP contribution in [0.15, 0.2) is 24.5 Å². The van der Waals surface area contributed by atoms with Crippen molar-refractivity contribution in [2.24, 2.45) is 0 Å². The molecule has 0 spiro atoms. The average Bonchev–Trinajstić information content (AvgIpc) is 2.82. The SMILES string of the molecule is CC(C)c1nccc(NCCc2ccn[nH]2)n1. The van der Waals surface area contributed by atoms with Gasteiger partial charge in [0.15, 0.2) is 0 Å². The van der Waals surface area contributed by atoms with E-state index in [0.29, 0.717) is 5.92 Å². The summed E-state index contributed by atoms with van der Waals surface area (Å²) in [5, 5.41) is 10.1. The van der Waals surface area contributed by atoms with Crippen LogP contribution in [0.25, 0.3) is 0 Å². The molecule has 0 atom stereocenters. The van der Waals surface area contributed by atoms with Crippen LogP contribution >= 0.6 is 0 Å². The standard InChI is InChI=1S/C12H17N5/c1-9(2)12-14-7-5-11(16-12)13-6-3-10-4-8-15-17-10/h4-5,7-9H,3,6H2,1-2H3,(H,15,17)(H,13,14,16). The van der Waals surface area contributed by atoms with Gasteiger partial charge in [-0.15, -0.1) is 0 Å². The van der Waals surface area contributed by atoms with E-state index in [2.05, 4.69) is 39.3 Å². The van der Waals surface area contributed by atoms with Crippen LogP contribution in [0.5, 0.6) is 0 Å². The van der Waals surface area contributed by atoms with Gasteiger partial charge in [-0.3, -0.25) is 5.10 Å². The summed E-state index contributed by atoms with van der Waals surface area (Å²) in [6.07, 6.45) is 4.46. The first kappa shape index (κ1) is 11.6. The Balaban J connectivity index is 1.88. The Morgan fingerprint density at radius 2 is 2.18 bits per heavy atom. The molecule has 0 saturated carbocycles. The second kappa shape index (κ2) is 5.43. The highest BCUT2D eigenvalue weighted by molar-refractivity contribution is 5.33. The van der Waals surface area contributed by atoms with Gasteiger partial charge in [0.05, 0.1) is 0 Å². The van der Waals surface area contributed by atoms with Gasteiger partial charge in [0.25, 0.3) is 0 Å². The van der Waals surface area contributed by atoms with Crippen molar-refractivity contribution in [1.82, 2.24) is 20.2 Å². The summed E-state index contributed by atoms with van der Waals surface area (Å²) in [5.41, 5.74) is 1.12. The zero-order valence-electron chi connectivity index (χ0n) is 10.1. The maximum absolute atomic E-state index is 4.44. The lowest BCUT2D eigenvalue weighted by molar-refractivity contribution is 0.773. The van der Waals surface area contributed by atoms with Crippen LogP contribution < -0.4 is 5.32 Å². The third-order valence-corrected chi connectivity index (χ3v) is 2.45. The van der Waals surface area contributed by atoms with Crippen LogP contribution in [-0.4, -0.2) is 26.7 Å². The minimum atomic E-state index is 0.351. The third kappa shape index (κ3) is 3.27. The molecule has 0 aliphatic carbocycles. The normalized spacial score (nSPS) is 10.8. The highest BCUT2D eigenvalue weighted by atomic mass is 15.1. The third-order valence-electron chi connectivity index (χ3n) is 2.45. The topological polar surface area (TPSA) is 66.5 Å². The molecule has 2 N–H and O–H groups in total. The van der Waals surface area contributed by atoms with Gasteiger partial charge in [-0.05, 0) is 12.1 Å². The fourth-order valence-corrected chi connectivity index (χ4v) is 1.50. The highest BCUT2D eigenvalue weighted by Gasteiger charge is 2.03. The van der Waals surface area contributed by atoms with E-state index in [4.69, 9.17) is 0 Å². The summed E-state index contributed by atoms with van der Waals surface area (Å²) in [6.45, 7) is 5.00. The molecule has 0 unspecified atom stereocenters. The van der Waals surface area contributed by atoms with E-state index in [9.17, 15) is 0 Å². The molecule has 0 aliphatic heterocycles. The van der Waals surface area contributed by atoms with E-state index in [1.165, 1.54) is 0 Å². The summed E-state index contributed by atoms with van der Waals surface area (Å²) in [6, 6.07) is 3.86. The Morgan fingerprint density at radius 3 is 2.88 bits per heavy atom. The number of H-pyrrole nitrogens is 1. The van der Waals surface area contributed by atoms with Crippen molar-refractivity contribution in [1.29, 1.82) is 0 Å². The fourth-order valence-electron chi connectivity index (χ4n) is 1.50. The number of anilines is 1. The quantitative estimate of drug-likeness (QED) is 0.825. The largest absolute Gasteiger partial charge is 0.370 e. The van der Waals surface area contributed by atoms with Crippen molar-refractivity contribution in [3.63, 3.8) is 0 Å². The first-order valence-corrected chi connectivity index (χ1v) is 5.81. The van der Waals surface area contributed by atoms with Crippen molar-refractivity contribution >= 4 is 5.82 Å². The number of nitrogens with one attached hydrogen (secondary N) is 2. The lowest BCUT2D eigenvalue weighted by atomic mass is 10.2. The summed E-state index contributed by atoms with van der Waals surface area (Å²) < 4.78 is 0. The summed E-state index contributed by atoms with van der Waals surface area (Å²) in [4.78, 5) is 8.67. The van der Waals surface area contributed by atoms with Crippen molar-refractivity contribution in [2.45, 2.75) is 26.2 Å². The first-order valence-electron chi connectivity index (χ1n) is 5.81. The zero-order chi connectivity index (χ0) is 12.1. The molecule has 0 saturated heterocycles. The van der Waals surface area contributed by atoms with Gasteiger partial charge in [0, 0.05) is 37.0 Å². The predicted octanol–water partition coefficient (Wildman–Crippen LogP) is 1.98. The molecular weight excluding hydrogens is 214 g/mol. The van der Waals surface area contributed by atoms with E-state index < -0.39 is 0 Å². The molecule has 2 heterocycles. The fraction of sp³-hybridized carbons (Fsp3) is 0.417. The number of nitrogens with zero attached hydrogens (tertiary/aromatic N) is 3. The number of aromatic amines is 1. The zero-order valence-corrected chi connectivity index (χ0v) is 10.1. The molecule has 0 amide bonds. The number of aromatic nitrogens is 4. The molecule has 2 aromatic heterocycles. The van der Waals surface area contributed by atoms with Gasteiger partial charge < -0.3 is 5.32 Å². The molecule has 2 rings (SSSR count). The Kier molecular flexibility index (Phi) is 3.69. The van der Waals surface area contributed by atoms with Crippen molar-refractivity contribution in [3.8, 4) is 0 Å². The molecule has 0 radical (unpaired) electrons. The van der Waals surface area contributed by atoms with Crippen molar-refractivity contribution < 1.29 is 0 Å². The predicted molar refractivity (Wildman–Crippen MR) is 66.9 cm³/mol. The molecule has 5 nitrogen and oxygen atoms in total. The van der Waals surface area contributed by atoms with Gasteiger partial charge in [-0.1, -0.05) is 13.8 Å². The minimum Gasteiger partial charge on any atom is -0.370 e. The summed E-state index contributed by atoms with van der Waals surface area (Å²) in [5.74, 6) is 2.10. The Bertz CT molecular complexity index is 450. The van der Waals surface area contributed by atoms with Gasteiger partial charge in [0.1, 0.15) is 11.6 Å². The summed E-state index contributed by atoms with van der Waals surface area (Å²) >= 11 is 0. The Hall–Kier alpha value is -1.91. The molecule has 0 fully saturated rings. The van der Waals surface area contributed by atoms with Crippen LogP contribution in [0.1, 0.15) is 31.3 Å². The van der Waals surface area contributed by atoms with E-state index in [1.54, 1.807) is 12.4 Å². The molecule has 5 heteroatoms. The van der Waals surface area contributed by atoms with E-state index in [-0.39, 0.29) is 0 Å². The lowest BCUT2D eigenvalue weighted by Gasteiger charge is -2.07. The van der Waals surface area contributed by atoms with Crippen LogP contribution in [-0.2, 0) is 6.42 Å². The highest BCUT2D eigenvalue weighted by Crippen LogP contribution is 2.10. The van der Waals surface area contributed by atoms with E-state index >= 15 is 0 Å². The van der Waals surface area contributed by atoms with E-state index in [0.717, 1.165) is 30.3 Å². The van der Waals surface area contributed by atoms with Crippen molar-refractivity contribution in [3.05, 3.63) is 36.0 Å². The Labute approximate surface area is 101 Å². The maximum Gasteiger partial charge on any atom is 0.133 e. The molecule has 90 valence electrons. The first-order chi connectivity index (χ1) is 8.25. The van der Waals surface area contributed by atoms with Gasteiger partial charge in [-0.2, -0.15) is 5.10 Å². The van der Waals surface area contributed by atoms with Crippen LogP contribution in [0, 0.1) is 0 Å². The van der Waals surface area contributed by atoms with Gasteiger partial charge in [0.2, 0.25) is 0 Å². The average molecular weight is 231 g/mol. The number of rotatable bonds is 5. The minimum absolute atomic E-state index is 0.351. The molecule has 2 aromatic rings. The van der Waals surface area contributed by atoms with Gasteiger partial charge >= 0.3 is 0 Å². The number of hydrogen-bond acceptors (Lipinski definition) is 4. The molecule has 0 bridgehead atoms. The van der Waals surface area contributed by atoms with Crippen LogP contribution in [0.4, 0.5) is 5.82 Å². The van der Waals surface area contributed by atoms with Crippen molar-refractivity contribution in [2.75, 3.05) is 11.9 Å². The lowest BCUT2D eigenvalue weighted by Crippen LogP contribution is -2.08. The Morgan fingerprint density at radius 1 is 1.29 bits per heavy atom. The number of hydrogen-bond donors (Lipinski definition) is 2. The van der Waals surface area contributed by atoms with Crippen LogP contribution in [0.3, 0.4) is 0 Å². The smallest absolute Gasteiger partial charge is 0.133 e. The van der Waals surface area contributed by atoms with E-state index in [1.807, 2.05) is 12.1 Å². The van der Waals surface area contributed by atoms with Crippen LogP contribution in [0.2, 0.25) is 0 Å². The molecule has 17 heavy (non-hydrogen) atoms. The molecular formula is C12H17N5. The molecule has 0 aliphatic rings. The molecule has 0 aromatic carbocycles. The maximum atomic E-state index is 4.44. The van der Waals surface area contributed by atoms with Gasteiger partial charge in [-0.25, -0.2) is 9.97 Å².